The Balaban J connectivity index is 2.33. The number of para-hydroxylation sites is 2. The first kappa shape index (κ1) is 10.9. The van der Waals surface area contributed by atoms with E-state index in [1.54, 1.807) is 6.07 Å². The molecule has 0 aliphatic heterocycles. The average molecular weight is 235 g/mol. The molecule has 0 amide bonds. The van der Waals surface area contributed by atoms with Crippen molar-refractivity contribution in [2.45, 2.75) is 0 Å². The predicted octanol–water partition coefficient (Wildman–Crippen LogP) is 2.32. The molecule has 0 aliphatic carbocycles. The predicted molar refractivity (Wildman–Crippen MR) is 55.2 cm³/mol. The van der Waals surface area contributed by atoms with Crippen LogP contribution in [0.25, 0.3) is 0 Å². The summed E-state index contributed by atoms with van der Waals surface area (Å²) >= 11 is 0. The first-order chi connectivity index (χ1) is 8.16. The fraction of sp³-hybridized carbons (Fsp3) is 0. The largest absolute Gasteiger partial charge is 0.432 e. The highest BCUT2D eigenvalue weighted by molar-refractivity contribution is 5.47. The highest BCUT2D eigenvalue weighted by atomic mass is 19.1. The van der Waals surface area contributed by atoms with Crippen LogP contribution in [0, 0.1) is 16.2 Å². The second-order valence-electron chi connectivity index (χ2n) is 2.99. The Bertz CT molecular complexity index is 562. The van der Waals surface area contributed by atoms with Crippen molar-refractivity contribution >= 4 is 5.69 Å². The Morgan fingerprint density at radius 1 is 1.29 bits per heavy atom. The summed E-state index contributed by atoms with van der Waals surface area (Å²) in [6.45, 7) is 0. The van der Waals surface area contributed by atoms with Gasteiger partial charge in [-0.1, -0.05) is 12.1 Å². The van der Waals surface area contributed by atoms with E-state index in [1.807, 2.05) is 0 Å². The van der Waals surface area contributed by atoms with Gasteiger partial charge < -0.3 is 4.74 Å². The lowest BCUT2D eigenvalue weighted by atomic mass is 10.3. The summed E-state index contributed by atoms with van der Waals surface area (Å²) in [7, 11) is 0. The van der Waals surface area contributed by atoms with Crippen LogP contribution < -0.4 is 4.74 Å². The zero-order valence-electron chi connectivity index (χ0n) is 8.41. The molecule has 0 N–H and O–H groups in total. The van der Waals surface area contributed by atoms with Gasteiger partial charge in [-0.05, 0) is 6.07 Å². The summed E-state index contributed by atoms with van der Waals surface area (Å²) in [5.74, 6) is -0.0950. The molecular formula is C10H6FN3O3. The molecule has 0 fully saturated rings. The van der Waals surface area contributed by atoms with Gasteiger partial charge >= 0.3 is 11.8 Å². The third kappa shape index (κ3) is 2.51. The number of nitro benzene ring substituents is 1. The van der Waals surface area contributed by atoms with Crippen molar-refractivity contribution in [2.24, 2.45) is 0 Å². The topological polar surface area (TPSA) is 78.2 Å². The third-order valence-corrected chi connectivity index (χ3v) is 1.88. The zero-order chi connectivity index (χ0) is 12.3. The first-order valence-electron chi connectivity index (χ1n) is 4.56. The van der Waals surface area contributed by atoms with E-state index in [-0.39, 0.29) is 17.3 Å². The molecule has 0 saturated carbocycles. The minimum absolute atomic E-state index is 0.00407. The Morgan fingerprint density at radius 3 is 2.76 bits per heavy atom. The summed E-state index contributed by atoms with van der Waals surface area (Å²) in [6, 6.07) is 7.07. The Kier molecular flexibility index (Phi) is 2.91. The zero-order valence-corrected chi connectivity index (χ0v) is 8.41. The van der Waals surface area contributed by atoms with Gasteiger partial charge in [-0.2, -0.15) is 9.37 Å². The van der Waals surface area contributed by atoms with Gasteiger partial charge in [0.2, 0.25) is 11.6 Å². The van der Waals surface area contributed by atoms with E-state index in [0.29, 0.717) is 0 Å². The number of rotatable bonds is 3. The van der Waals surface area contributed by atoms with Crippen molar-refractivity contribution in [3.8, 4) is 11.6 Å². The number of nitrogens with zero attached hydrogens (tertiary/aromatic N) is 3. The van der Waals surface area contributed by atoms with Gasteiger partial charge in [0.05, 0.1) is 4.92 Å². The van der Waals surface area contributed by atoms with Gasteiger partial charge in [-0.3, -0.25) is 10.1 Å². The SMILES string of the molecule is O=[N+]([O-])c1ccccc1Oc1ccnc(F)n1. The minimum atomic E-state index is -0.957. The number of ether oxygens (including phenoxy) is 1. The molecule has 2 rings (SSSR count). The second-order valence-corrected chi connectivity index (χ2v) is 2.99. The van der Waals surface area contributed by atoms with E-state index in [0.717, 1.165) is 6.20 Å². The molecule has 0 unspecified atom stereocenters. The van der Waals surface area contributed by atoms with Gasteiger partial charge in [0.15, 0.2) is 0 Å². The lowest BCUT2D eigenvalue weighted by molar-refractivity contribution is -0.385. The molecule has 0 spiro atoms. The average Bonchev–Trinajstić information content (AvgIpc) is 2.29. The molecule has 7 heteroatoms. The van der Waals surface area contributed by atoms with Gasteiger partial charge in [0, 0.05) is 18.3 Å². The Labute approximate surface area is 94.9 Å². The molecular weight excluding hydrogens is 229 g/mol. The molecule has 6 nitrogen and oxygen atoms in total. The number of hydrogen-bond donors (Lipinski definition) is 0. The number of benzene rings is 1. The van der Waals surface area contributed by atoms with E-state index in [1.165, 1.54) is 24.3 Å². The van der Waals surface area contributed by atoms with Crippen molar-refractivity contribution < 1.29 is 14.1 Å². The van der Waals surface area contributed by atoms with Crippen LogP contribution in [0.4, 0.5) is 10.1 Å². The molecule has 17 heavy (non-hydrogen) atoms. The maximum atomic E-state index is 12.7. The van der Waals surface area contributed by atoms with Crippen LogP contribution in [0.1, 0.15) is 0 Å². The van der Waals surface area contributed by atoms with E-state index >= 15 is 0 Å². The van der Waals surface area contributed by atoms with Crippen molar-refractivity contribution in [2.75, 3.05) is 0 Å². The lowest BCUT2D eigenvalue weighted by Gasteiger charge is -2.04. The molecule has 86 valence electrons. The van der Waals surface area contributed by atoms with Crippen LogP contribution in [0.5, 0.6) is 11.6 Å². The molecule has 1 aromatic heterocycles. The number of aromatic nitrogens is 2. The van der Waals surface area contributed by atoms with Crippen LogP contribution >= 0.6 is 0 Å². The summed E-state index contributed by atoms with van der Waals surface area (Å²) in [5.41, 5.74) is -0.216. The van der Waals surface area contributed by atoms with Gasteiger partial charge in [-0.25, -0.2) is 4.98 Å². The number of halogens is 1. The normalized spacial score (nSPS) is 9.94. The molecule has 1 aromatic carbocycles. The van der Waals surface area contributed by atoms with Crippen molar-refractivity contribution in [1.82, 2.24) is 9.97 Å². The van der Waals surface area contributed by atoms with Gasteiger partial charge in [0.1, 0.15) is 0 Å². The van der Waals surface area contributed by atoms with E-state index < -0.39 is 11.0 Å². The van der Waals surface area contributed by atoms with Crippen molar-refractivity contribution in [3.05, 3.63) is 52.7 Å². The quantitative estimate of drug-likeness (QED) is 0.463. The molecule has 0 atom stereocenters. The highest BCUT2D eigenvalue weighted by Crippen LogP contribution is 2.29. The maximum Gasteiger partial charge on any atom is 0.311 e. The van der Waals surface area contributed by atoms with E-state index in [2.05, 4.69) is 9.97 Å². The summed E-state index contributed by atoms with van der Waals surface area (Å²) < 4.78 is 17.8. The molecule has 0 saturated heterocycles. The molecule has 2 aromatic rings. The molecule has 0 radical (unpaired) electrons. The van der Waals surface area contributed by atoms with Crippen LogP contribution in [0.15, 0.2) is 36.5 Å². The number of nitro groups is 1. The third-order valence-electron chi connectivity index (χ3n) is 1.88. The fourth-order valence-electron chi connectivity index (χ4n) is 1.18. The monoisotopic (exact) mass is 235 g/mol. The van der Waals surface area contributed by atoms with Crippen LogP contribution in [-0.4, -0.2) is 14.9 Å². The van der Waals surface area contributed by atoms with Crippen LogP contribution in [-0.2, 0) is 0 Å². The number of hydrogen-bond acceptors (Lipinski definition) is 5. The second kappa shape index (κ2) is 4.52. The summed E-state index contributed by atoms with van der Waals surface area (Å²) in [5, 5.41) is 10.7. The standard InChI is InChI=1S/C10H6FN3O3/c11-10-12-6-5-9(13-10)17-8-4-2-1-3-7(8)14(15)16/h1-6H. The van der Waals surface area contributed by atoms with Crippen LogP contribution in [0.3, 0.4) is 0 Å². The van der Waals surface area contributed by atoms with E-state index in [9.17, 15) is 14.5 Å². The van der Waals surface area contributed by atoms with Crippen LogP contribution in [0.2, 0.25) is 0 Å². The van der Waals surface area contributed by atoms with Gasteiger partial charge in [0.25, 0.3) is 0 Å². The smallest absolute Gasteiger partial charge is 0.311 e. The van der Waals surface area contributed by atoms with Crippen molar-refractivity contribution in [3.63, 3.8) is 0 Å². The Hall–Kier alpha value is -2.57. The lowest BCUT2D eigenvalue weighted by Crippen LogP contribution is -1.96. The maximum absolute atomic E-state index is 12.7. The molecule has 0 bridgehead atoms. The summed E-state index contributed by atoms with van der Waals surface area (Å²) in [4.78, 5) is 16.7. The van der Waals surface area contributed by atoms with Crippen molar-refractivity contribution in [1.29, 1.82) is 0 Å². The first-order valence-corrected chi connectivity index (χ1v) is 4.56. The van der Waals surface area contributed by atoms with E-state index in [4.69, 9.17) is 4.74 Å². The Morgan fingerprint density at radius 2 is 2.06 bits per heavy atom. The highest BCUT2D eigenvalue weighted by Gasteiger charge is 2.15. The van der Waals surface area contributed by atoms with Gasteiger partial charge in [-0.15, -0.1) is 0 Å². The fourth-order valence-corrected chi connectivity index (χ4v) is 1.18. The molecule has 1 heterocycles. The summed E-state index contributed by atoms with van der Waals surface area (Å²) in [6.07, 6.45) is 0.202. The molecule has 0 aliphatic rings. The minimum Gasteiger partial charge on any atom is -0.432 e.